The zero-order chi connectivity index (χ0) is 16.2. The van der Waals surface area contributed by atoms with E-state index in [-0.39, 0.29) is 6.61 Å². The Morgan fingerprint density at radius 3 is 2.32 bits per heavy atom. The Bertz CT molecular complexity index is 595. The third-order valence-corrected chi connectivity index (χ3v) is 2.65. The van der Waals surface area contributed by atoms with E-state index in [1.807, 2.05) is 36.4 Å². The number of nitrogens with zero attached hydrogens (tertiary/aromatic N) is 2. The van der Waals surface area contributed by atoms with Gasteiger partial charge in [0.25, 0.3) is 0 Å². The van der Waals surface area contributed by atoms with Gasteiger partial charge in [-0.15, -0.1) is 0 Å². The summed E-state index contributed by atoms with van der Waals surface area (Å²) in [4.78, 5) is 3.14. The quantitative estimate of drug-likeness (QED) is 0.826. The lowest BCUT2D eigenvalue weighted by Gasteiger charge is -2.06. The van der Waals surface area contributed by atoms with Gasteiger partial charge < -0.3 is 19.9 Å². The Labute approximate surface area is 129 Å². The van der Waals surface area contributed by atoms with E-state index in [0.29, 0.717) is 18.0 Å². The summed E-state index contributed by atoms with van der Waals surface area (Å²) in [5.74, 6) is 0.522. The number of diazo groups is 1. The molecule has 0 spiro atoms. The molecule has 22 heavy (non-hydrogen) atoms. The van der Waals surface area contributed by atoms with E-state index >= 15 is 0 Å². The second-order valence-electron chi connectivity index (χ2n) is 4.19. The highest BCUT2D eigenvalue weighted by atomic mass is 16.5. The number of para-hydroxylation sites is 1. The van der Waals surface area contributed by atoms with Crippen LogP contribution in [-0.4, -0.2) is 32.5 Å². The number of hydrogen-bond acceptors (Lipinski definition) is 5. The number of nitrogens with one attached hydrogen (secondary N) is 1. The Morgan fingerprint density at radius 1 is 1.09 bits per heavy atom. The van der Waals surface area contributed by atoms with Crippen LogP contribution in [0.5, 0.6) is 5.75 Å². The van der Waals surface area contributed by atoms with Crippen LogP contribution in [0.3, 0.4) is 0 Å². The van der Waals surface area contributed by atoms with Crippen molar-refractivity contribution < 1.29 is 14.6 Å². The molecule has 2 aromatic carbocycles. The zero-order valence-corrected chi connectivity index (χ0v) is 12.7. The number of methoxy groups -OCH3 is 2. The van der Waals surface area contributed by atoms with Crippen molar-refractivity contribution in [3.63, 3.8) is 0 Å². The highest BCUT2D eigenvalue weighted by Gasteiger charge is 2.14. The normalized spacial score (nSPS) is 9.18. The van der Waals surface area contributed by atoms with Crippen LogP contribution in [0.15, 0.2) is 48.5 Å². The summed E-state index contributed by atoms with van der Waals surface area (Å²) >= 11 is 0. The van der Waals surface area contributed by atoms with Crippen molar-refractivity contribution in [2.75, 3.05) is 32.8 Å². The smallest absolute Gasteiger partial charge is 0.426 e. The van der Waals surface area contributed by atoms with Crippen molar-refractivity contribution in [3.05, 3.63) is 53.5 Å². The van der Waals surface area contributed by atoms with Crippen molar-refractivity contribution in [2.24, 2.45) is 0 Å². The Balaban J connectivity index is 0.000000422. The van der Waals surface area contributed by atoms with Gasteiger partial charge in [-0.3, -0.25) is 0 Å². The molecule has 0 fully saturated rings. The minimum atomic E-state index is 0.122. The van der Waals surface area contributed by atoms with Crippen LogP contribution in [0.2, 0.25) is 0 Å². The van der Waals surface area contributed by atoms with Gasteiger partial charge in [0.2, 0.25) is 11.1 Å². The zero-order valence-electron chi connectivity index (χ0n) is 12.7. The van der Waals surface area contributed by atoms with Crippen molar-refractivity contribution in [2.45, 2.75) is 0 Å². The molecular formula is C16H20N3O3+. The summed E-state index contributed by atoms with van der Waals surface area (Å²) in [6, 6.07) is 15.1. The summed E-state index contributed by atoms with van der Waals surface area (Å²) in [5, 5.41) is 19.9. The lowest BCUT2D eigenvalue weighted by molar-refractivity contribution is 0.135. The highest BCUT2D eigenvalue weighted by molar-refractivity contribution is 5.68. The molecule has 2 N–H and O–H groups in total. The molecule has 0 saturated carbocycles. The van der Waals surface area contributed by atoms with Crippen molar-refractivity contribution in [3.8, 4) is 5.75 Å². The lowest BCUT2D eigenvalue weighted by Crippen LogP contribution is -1.91. The average molecular weight is 302 g/mol. The van der Waals surface area contributed by atoms with E-state index in [4.69, 9.17) is 15.2 Å². The third-order valence-electron chi connectivity index (χ3n) is 2.65. The van der Waals surface area contributed by atoms with Gasteiger partial charge in [-0.05, 0) is 18.2 Å². The molecule has 0 unspecified atom stereocenters. The van der Waals surface area contributed by atoms with Crippen LogP contribution >= 0.6 is 0 Å². The van der Waals surface area contributed by atoms with E-state index in [1.54, 1.807) is 19.2 Å². The second-order valence-corrected chi connectivity index (χ2v) is 4.19. The first-order valence-corrected chi connectivity index (χ1v) is 6.70. The number of aliphatic hydroxyl groups excluding tert-OH is 1. The fraction of sp³-hybridized carbons (Fsp3) is 0.250. The van der Waals surface area contributed by atoms with Gasteiger partial charge in [0.05, 0.1) is 20.3 Å². The maximum absolute atomic E-state index is 8.75. The van der Waals surface area contributed by atoms with Crippen LogP contribution in [0, 0.1) is 5.39 Å². The number of ether oxygens (including phenoxy) is 2. The first-order chi connectivity index (χ1) is 10.7. The number of anilines is 2. The third kappa shape index (κ3) is 5.79. The van der Waals surface area contributed by atoms with Crippen molar-refractivity contribution in [1.29, 1.82) is 5.39 Å². The van der Waals surface area contributed by atoms with E-state index in [2.05, 4.69) is 15.0 Å². The molecule has 0 saturated heterocycles. The number of rotatable bonds is 5. The first-order valence-electron chi connectivity index (χ1n) is 6.70. The van der Waals surface area contributed by atoms with E-state index in [9.17, 15) is 0 Å². The molecule has 6 nitrogen and oxygen atoms in total. The van der Waals surface area contributed by atoms with Gasteiger partial charge in [-0.2, -0.15) is 0 Å². The Morgan fingerprint density at radius 2 is 1.82 bits per heavy atom. The largest absolute Gasteiger partial charge is 0.489 e. The van der Waals surface area contributed by atoms with E-state index < -0.39 is 0 Å². The average Bonchev–Trinajstić information content (AvgIpc) is 2.57. The van der Waals surface area contributed by atoms with Crippen LogP contribution in [0.1, 0.15) is 0 Å². The predicted molar refractivity (Wildman–Crippen MR) is 86.4 cm³/mol. The minimum absolute atomic E-state index is 0.122. The van der Waals surface area contributed by atoms with Crippen molar-refractivity contribution in [1.82, 2.24) is 0 Å². The van der Waals surface area contributed by atoms with Crippen LogP contribution in [0.25, 0.3) is 4.98 Å². The molecule has 2 rings (SSSR count). The van der Waals surface area contributed by atoms with Gasteiger partial charge in [-0.25, -0.2) is 0 Å². The van der Waals surface area contributed by atoms with Crippen molar-refractivity contribution >= 4 is 17.1 Å². The molecule has 0 heterocycles. The van der Waals surface area contributed by atoms with Crippen LogP contribution < -0.4 is 10.1 Å². The molecule has 0 aliphatic heterocycles. The van der Waals surface area contributed by atoms with Gasteiger partial charge in [0, 0.05) is 30.6 Å². The fourth-order valence-electron chi connectivity index (χ4n) is 1.62. The molecule has 0 aliphatic carbocycles. The number of hydrogen-bond donors (Lipinski definition) is 2. The maximum atomic E-state index is 8.75. The van der Waals surface area contributed by atoms with Gasteiger partial charge in [0.1, 0.15) is 0 Å². The predicted octanol–water partition coefficient (Wildman–Crippen LogP) is 3.55. The number of benzene rings is 2. The minimum Gasteiger partial charge on any atom is -0.489 e. The van der Waals surface area contributed by atoms with Gasteiger partial charge in [0.15, 0.2) is 4.98 Å². The number of aliphatic hydroxyl groups is 1. The monoisotopic (exact) mass is 302 g/mol. The second kappa shape index (κ2) is 10.2. The van der Waals surface area contributed by atoms with Crippen LogP contribution in [0.4, 0.5) is 17.1 Å². The molecule has 116 valence electrons. The van der Waals surface area contributed by atoms with E-state index in [0.717, 1.165) is 11.4 Å². The molecular weight excluding hydrogens is 282 g/mol. The lowest BCUT2D eigenvalue weighted by atomic mass is 10.2. The molecule has 0 aromatic heterocycles. The Hall–Kier alpha value is -2.62. The molecule has 6 heteroatoms. The molecule has 2 aromatic rings. The molecule has 0 amide bonds. The molecule has 0 atom stereocenters. The van der Waals surface area contributed by atoms with E-state index in [1.165, 1.54) is 7.11 Å². The molecule has 0 radical (unpaired) electrons. The molecule has 0 bridgehead atoms. The summed E-state index contributed by atoms with van der Waals surface area (Å²) in [5.41, 5.74) is 2.27. The summed E-state index contributed by atoms with van der Waals surface area (Å²) in [6.07, 6.45) is 0. The highest BCUT2D eigenvalue weighted by Crippen LogP contribution is 2.31. The van der Waals surface area contributed by atoms with Crippen LogP contribution in [-0.2, 0) is 4.74 Å². The fourth-order valence-corrected chi connectivity index (χ4v) is 1.62. The maximum Gasteiger partial charge on any atom is 0.426 e. The summed E-state index contributed by atoms with van der Waals surface area (Å²) in [6.45, 7) is 0.566. The SMILES string of the molecule is COCCO.COc1cc(Nc2ccccc2)ccc1[N+]#N. The first kappa shape index (κ1) is 17.4. The van der Waals surface area contributed by atoms with Gasteiger partial charge >= 0.3 is 5.69 Å². The summed E-state index contributed by atoms with van der Waals surface area (Å²) < 4.78 is 9.56. The topological polar surface area (TPSA) is 78.9 Å². The van der Waals surface area contributed by atoms with Gasteiger partial charge in [-0.1, -0.05) is 18.2 Å². The molecule has 0 aliphatic rings. The standard InChI is InChI=1S/C13H12N3O.C3H8O2/c1-17-13-9-11(7-8-12(13)16-14)15-10-5-3-2-4-6-10;1-5-3-2-4/h2-9,15H,1H3;4H,2-3H2,1H3/q+1;. The Kier molecular flexibility index (Phi) is 8.05. The summed E-state index contributed by atoms with van der Waals surface area (Å²) in [7, 11) is 3.09.